The maximum Gasteiger partial charge on any atom is 0.120 e. The zero-order chi connectivity index (χ0) is 14.0. The Morgan fingerprint density at radius 1 is 1.32 bits per heavy atom. The normalized spacial score (nSPS) is 12.7. The molecular formula is C15H21N3O. The molecule has 2 N–H and O–H groups in total. The van der Waals surface area contributed by atoms with Gasteiger partial charge in [-0.2, -0.15) is 5.10 Å². The Morgan fingerprint density at radius 2 is 2.05 bits per heavy atom. The Labute approximate surface area is 114 Å². The molecule has 1 aromatic heterocycles. The van der Waals surface area contributed by atoms with Crippen molar-refractivity contribution in [3.05, 3.63) is 47.3 Å². The van der Waals surface area contributed by atoms with Crippen molar-refractivity contribution in [2.24, 2.45) is 12.8 Å². The topological polar surface area (TPSA) is 53.1 Å². The quantitative estimate of drug-likeness (QED) is 0.918. The van der Waals surface area contributed by atoms with Crippen molar-refractivity contribution in [3.8, 4) is 5.75 Å². The van der Waals surface area contributed by atoms with E-state index in [1.807, 2.05) is 58.3 Å². The predicted molar refractivity (Wildman–Crippen MR) is 76.2 cm³/mol. The van der Waals surface area contributed by atoms with Gasteiger partial charge in [0.1, 0.15) is 5.75 Å². The van der Waals surface area contributed by atoms with Crippen LogP contribution in [0.25, 0.3) is 0 Å². The first-order valence-electron chi connectivity index (χ1n) is 6.49. The van der Waals surface area contributed by atoms with Gasteiger partial charge in [-0.05, 0) is 38.5 Å². The zero-order valence-corrected chi connectivity index (χ0v) is 11.9. The summed E-state index contributed by atoms with van der Waals surface area (Å²) in [5.74, 6) is 0.851. The van der Waals surface area contributed by atoms with E-state index < -0.39 is 0 Å². The molecule has 0 aliphatic carbocycles. The van der Waals surface area contributed by atoms with Crippen LogP contribution < -0.4 is 10.5 Å². The molecule has 0 saturated heterocycles. The van der Waals surface area contributed by atoms with Crippen molar-refractivity contribution in [2.75, 3.05) is 0 Å². The summed E-state index contributed by atoms with van der Waals surface area (Å²) in [7, 11) is 1.90. The molecule has 0 saturated carbocycles. The van der Waals surface area contributed by atoms with Gasteiger partial charge in [-0.15, -0.1) is 0 Å². The maximum atomic E-state index is 6.32. The first-order chi connectivity index (χ1) is 8.97. The summed E-state index contributed by atoms with van der Waals surface area (Å²) in [4.78, 5) is 0. The summed E-state index contributed by atoms with van der Waals surface area (Å²) >= 11 is 0. The summed E-state index contributed by atoms with van der Waals surface area (Å²) in [6.07, 6.45) is 2.13. The SMILES string of the molecule is Cc1nn(C)cc1C(N)c1cccc(OC(C)C)c1. The second kappa shape index (κ2) is 5.45. The monoisotopic (exact) mass is 259 g/mol. The van der Waals surface area contributed by atoms with Crippen molar-refractivity contribution < 1.29 is 4.74 Å². The molecule has 1 aromatic carbocycles. The van der Waals surface area contributed by atoms with E-state index in [-0.39, 0.29) is 12.1 Å². The summed E-state index contributed by atoms with van der Waals surface area (Å²) in [6.45, 7) is 6.00. The Balaban J connectivity index is 2.28. The van der Waals surface area contributed by atoms with Crippen molar-refractivity contribution in [2.45, 2.75) is 32.9 Å². The summed E-state index contributed by atoms with van der Waals surface area (Å²) in [5, 5.41) is 4.33. The highest BCUT2D eigenvalue weighted by Crippen LogP contribution is 2.25. The highest BCUT2D eigenvalue weighted by molar-refractivity contribution is 5.37. The first-order valence-corrected chi connectivity index (χ1v) is 6.49. The number of rotatable bonds is 4. The number of hydrogen-bond donors (Lipinski definition) is 1. The van der Waals surface area contributed by atoms with Crippen LogP contribution in [-0.4, -0.2) is 15.9 Å². The predicted octanol–water partition coefficient (Wildman–Crippen LogP) is 2.56. The van der Waals surface area contributed by atoms with Gasteiger partial charge in [-0.25, -0.2) is 0 Å². The fraction of sp³-hybridized carbons (Fsp3) is 0.400. The van der Waals surface area contributed by atoms with Gasteiger partial charge in [0, 0.05) is 18.8 Å². The smallest absolute Gasteiger partial charge is 0.120 e. The second-order valence-corrected chi connectivity index (χ2v) is 5.06. The lowest BCUT2D eigenvalue weighted by Crippen LogP contribution is -2.13. The molecule has 19 heavy (non-hydrogen) atoms. The van der Waals surface area contributed by atoms with E-state index in [2.05, 4.69) is 5.10 Å². The lowest BCUT2D eigenvalue weighted by atomic mass is 10.0. The summed E-state index contributed by atoms with van der Waals surface area (Å²) in [6, 6.07) is 7.76. The Bertz CT molecular complexity index is 560. The lowest BCUT2D eigenvalue weighted by Gasteiger charge is -2.14. The van der Waals surface area contributed by atoms with Gasteiger partial charge in [0.15, 0.2) is 0 Å². The van der Waals surface area contributed by atoms with Gasteiger partial charge < -0.3 is 10.5 Å². The van der Waals surface area contributed by atoms with Gasteiger partial charge in [-0.3, -0.25) is 4.68 Å². The summed E-state index contributed by atoms with van der Waals surface area (Å²) < 4.78 is 7.49. The third kappa shape index (κ3) is 3.15. The van der Waals surface area contributed by atoms with Crippen molar-refractivity contribution in [3.63, 3.8) is 0 Å². The van der Waals surface area contributed by atoms with Crippen LogP contribution in [0.5, 0.6) is 5.75 Å². The largest absolute Gasteiger partial charge is 0.491 e. The highest BCUT2D eigenvalue weighted by atomic mass is 16.5. The zero-order valence-electron chi connectivity index (χ0n) is 11.9. The molecule has 1 atom stereocenters. The third-order valence-corrected chi connectivity index (χ3v) is 2.98. The van der Waals surface area contributed by atoms with Crippen LogP contribution >= 0.6 is 0 Å². The minimum Gasteiger partial charge on any atom is -0.491 e. The molecule has 102 valence electrons. The van der Waals surface area contributed by atoms with Gasteiger partial charge in [-0.1, -0.05) is 12.1 Å². The van der Waals surface area contributed by atoms with Crippen LogP contribution in [0.4, 0.5) is 0 Å². The molecule has 2 aromatic rings. The molecule has 1 unspecified atom stereocenters. The third-order valence-electron chi connectivity index (χ3n) is 2.98. The second-order valence-electron chi connectivity index (χ2n) is 5.06. The minimum atomic E-state index is -0.176. The van der Waals surface area contributed by atoms with Crippen LogP contribution in [0.1, 0.15) is 36.7 Å². The molecule has 0 fully saturated rings. The van der Waals surface area contributed by atoms with Gasteiger partial charge >= 0.3 is 0 Å². The summed E-state index contributed by atoms with van der Waals surface area (Å²) in [5.41, 5.74) is 9.37. The van der Waals surface area contributed by atoms with Crippen LogP contribution in [0.15, 0.2) is 30.5 Å². The molecule has 0 aliphatic heterocycles. The van der Waals surface area contributed by atoms with Gasteiger partial charge in [0.2, 0.25) is 0 Å². The number of nitrogens with zero attached hydrogens (tertiary/aromatic N) is 2. The lowest BCUT2D eigenvalue weighted by molar-refractivity contribution is 0.242. The Morgan fingerprint density at radius 3 is 2.63 bits per heavy atom. The fourth-order valence-corrected chi connectivity index (χ4v) is 2.16. The molecular weight excluding hydrogens is 238 g/mol. The number of aryl methyl sites for hydroxylation is 2. The molecule has 2 rings (SSSR count). The van der Waals surface area contributed by atoms with E-state index in [0.717, 1.165) is 22.6 Å². The molecule has 0 aliphatic rings. The number of ether oxygens (including phenoxy) is 1. The van der Waals surface area contributed by atoms with Crippen LogP contribution in [0.3, 0.4) is 0 Å². The Hall–Kier alpha value is -1.81. The van der Waals surface area contributed by atoms with E-state index in [0.29, 0.717) is 0 Å². The molecule has 0 radical (unpaired) electrons. The molecule has 0 bridgehead atoms. The van der Waals surface area contributed by atoms with Crippen molar-refractivity contribution >= 4 is 0 Å². The molecule has 4 heteroatoms. The van der Waals surface area contributed by atoms with E-state index in [4.69, 9.17) is 10.5 Å². The molecule has 0 amide bonds. The molecule has 1 heterocycles. The number of benzene rings is 1. The maximum absolute atomic E-state index is 6.32. The van der Waals surface area contributed by atoms with Crippen molar-refractivity contribution in [1.29, 1.82) is 0 Å². The van der Waals surface area contributed by atoms with E-state index in [1.54, 1.807) is 4.68 Å². The molecule has 4 nitrogen and oxygen atoms in total. The minimum absolute atomic E-state index is 0.159. The number of nitrogens with two attached hydrogens (primary N) is 1. The van der Waals surface area contributed by atoms with Gasteiger partial charge in [0.25, 0.3) is 0 Å². The van der Waals surface area contributed by atoms with Crippen molar-refractivity contribution in [1.82, 2.24) is 9.78 Å². The van der Waals surface area contributed by atoms with Crippen LogP contribution in [-0.2, 0) is 7.05 Å². The van der Waals surface area contributed by atoms with E-state index in [1.165, 1.54) is 0 Å². The first kappa shape index (κ1) is 13.6. The number of hydrogen-bond acceptors (Lipinski definition) is 3. The fourth-order valence-electron chi connectivity index (χ4n) is 2.16. The van der Waals surface area contributed by atoms with E-state index in [9.17, 15) is 0 Å². The molecule has 0 spiro atoms. The van der Waals surface area contributed by atoms with Gasteiger partial charge in [0.05, 0.1) is 17.8 Å². The Kier molecular flexibility index (Phi) is 3.90. The highest BCUT2D eigenvalue weighted by Gasteiger charge is 2.15. The average Bonchev–Trinajstić information content (AvgIpc) is 2.67. The average molecular weight is 259 g/mol. The van der Waals surface area contributed by atoms with Crippen LogP contribution in [0.2, 0.25) is 0 Å². The standard InChI is InChI=1S/C15H21N3O/c1-10(2)19-13-7-5-6-12(8-13)15(16)14-9-18(4)17-11(14)3/h5-10,15H,16H2,1-4H3. The number of aromatic nitrogens is 2. The van der Waals surface area contributed by atoms with Crippen LogP contribution in [0, 0.1) is 6.92 Å². The van der Waals surface area contributed by atoms with E-state index >= 15 is 0 Å².